The first-order valence-corrected chi connectivity index (χ1v) is 42.4. The molecule has 8 atom stereocenters. The summed E-state index contributed by atoms with van der Waals surface area (Å²) in [6.07, 6.45) is 19.0. The van der Waals surface area contributed by atoms with Crippen LogP contribution in [0, 0.1) is 0 Å². The van der Waals surface area contributed by atoms with Crippen molar-refractivity contribution >= 4 is 101 Å². The van der Waals surface area contributed by atoms with Gasteiger partial charge < -0.3 is 39.2 Å². The van der Waals surface area contributed by atoms with Gasteiger partial charge in [0.25, 0.3) is 0 Å². The molecule has 20 rings (SSSR count). The topological polar surface area (TPSA) is 25.9 Å². The summed E-state index contributed by atoms with van der Waals surface area (Å²) in [4.78, 5) is 19.9. The maximum absolute atomic E-state index is 2.76. The van der Waals surface area contributed by atoms with Crippen molar-refractivity contribution in [3.8, 4) is 44.5 Å². The fraction of sp³-hybridized carbons (Fsp3) is 0.385. The Hall–Kier alpha value is -9.92. The number of fused-ring (bicyclic) bond motifs is 12. The van der Waals surface area contributed by atoms with Crippen molar-refractivity contribution < 1.29 is 0 Å². The van der Waals surface area contributed by atoms with E-state index in [0.717, 1.165) is 51.4 Å². The first-order chi connectivity index (χ1) is 53.8. The molecular weight excluding hydrogens is 1360 g/mol. The van der Waals surface area contributed by atoms with Gasteiger partial charge in [0.2, 0.25) is 0 Å². The van der Waals surface area contributed by atoms with Gasteiger partial charge in [-0.05, 0) is 336 Å². The molecule has 0 saturated heterocycles. The highest BCUT2D eigenvalue weighted by atomic mass is 15.3. The molecule has 4 saturated carbocycles. The molecular formula is C104H114N8. The SMILES string of the molecule is CN(C)c1ccc(N2c3ccc(-c4cc(-c5ccc6c(c5)C5(C)CCCCC5(C)N6c5ccc(N(C)C)cc5)c5ccc6c(-c7ccc8c(c7)C7(C)CCCCC7(C)N8c7ccc(N(C)C)cc7)cc(-c7ccc8c(c7)C7(C)CCCCC7(C)N8c7ccc(N(C)C)cc7)c7ccc4c5c76)cc3C3(C)CCCCC23C)cc1. The molecule has 4 aliphatic carbocycles. The van der Waals surface area contributed by atoms with Crippen LogP contribution < -0.4 is 39.2 Å². The molecule has 4 heterocycles. The Morgan fingerprint density at radius 2 is 0.420 bits per heavy atom. The Bertz CT molecular complexity index is 5090. The molecule has 8 unspecified atom stereocenters. The number of anilines is 12. The van der Waals surface area contributed by atoms with Crippen LogP contribution in [0.2, 0.25) is 0 Å². The highest BCUT2D eigenvalue weighted by Gasteiger charge is 2.62. The van der Waals surface area contributed by atoms with Crippen molar-refractivity contribution in [1.29, 1.82) is 0 Å². The summed E-state index contributed by atoms with van der Waals surface area (Å²) < 4.78 is 0. The standard InChI is InChI=1S/C104H114N8/c1-97-53-17-21-57-101(97,5)109(75-37-29-71(30-38-75)105(9)10)91-49-25-67(61-87(91)97)83-65-84(68-26-50-92-88(62-68)98(2)54-18-22-58-102(98,6)110(92)76-39-31-72(32-40-76)106(11)12)80-47-48-82-86(70-28-52-94-90(64-70)100(4)56-20-24-60-104(100,8)112(94)78-43-35-74(36-44-78)108(15)16)66-85(81-46-45-79(83)95(80)96(81)82)69-27-51-93-89(63-69)99(3)55-19-23-59-103(99,7)111(93)77-41-33-73(34-42-77)107(13)14/h25-52,61-66H,17-24,53-60H2,1-16H3. The van der Waals surface area contributed by atoms with Crippen molar-refractivity contribution in [3.05, 3.63) is 229 Å². The molecule has 0 bridgehead atoms. The van der Waals surface area contributed by atoms with Crippen LogP contribution in [-0.4, -0.2) is 78.5 Å². The van der Waals surface area contributed by atoms with Gasteiger partial charge in [-0.15, -0.1) is 0 Å². The second kappa shape index (κ2) is 24.8. The Morgan fingerprint density at radius 3 is 0.616 bits per heavy atom. The summed E-state index contributed by atoms with van der Waals surface area (Å²) in [5, 5.41) is 7.99. The molecule has 8 aliphatic rings. The summed E-state index contributed by atoms with van der Waals surface area (Å²) in [5.74, 6) is 0. The molecule has 0 radical (unpaired) electrons. The number of hydrogen-bond acceptors (Lipinski definition) is 8. The van der Waals surface area contributed by atoms with E-state index < -0.39 is 0 Å². The van der Waals surface area contributed by atoms with E-state index in [1.54, 1.807) is 0 Å². The molecule has 0 amide bonds. The summed E-state index contributed by atoms with van der Waals surface area (Å²) in [5.41, 5.74) is 31.0. The molecule has 4 aliphatic heterocycles. The third-order valence-corrected chi connectivity index (χ3v) is 32.1. The highest BCUT2D eigenvalue weighted by Crippen LogP contribution is 2.67. The molecule has 0 aromatic heterocycles. The Labute approximate surface area is 667 Å². The lowest BCUT2D eigenvalue weighted by molar-refractivity contribution is 0.195. The van der Waals surface area contributed by atoms with Crippen LogP contribution in [0.4, 0.5) is 68.2 Å². The molecule has 4 fully saturated rings. The largest absolute Gasteiger partial charge is 0.378 e. The zero-order valence-electron chi connectivity index (χ0n) is 69.5. The minimum atomic E-state index is -0.107. The van der Waals surface area contributed by atoms with E-state index in [-0.39, 0.29) is 43.8 Å². The van der Waals surface area contributed by atoms with Crippen LogP contribution in [0.25, 0.3) is 76.8 Å². The average molecular weight is 1480 g/mol. The van der Waals surface area contributed by atoms with Crippen LogP contribution in [-0.2, 0) is 21.7 Å². The first kappa shape index (κ1) is 71.1. The summed E-state index contributed by atoms with van der Waals surface area (Å²) in [7, 11) is 17.2. The van der Waals surface area contributed by atoms with Crippen LogP contribution in [0.15, 0.2) is 206 Å². The van der Waals surface area contributed by atoms with Crippen molar-refractivity contribution in [2.45, 2.75) is 202 Å². The average Bonchev–Trinajstić information content (AvgIpc) is 1.53. The molecule has 8 nitrogen and oxygen atoms in total. The van der Waals surface area contributed by atoms with Crippen molar-refractivity contribution in [2.24, 2.45) is 0 Å². The third-order valence-electron chi connectivity index (χ3n) is 32.1. The maximum Gasteiger partial charge on any atom is 0.0517 e. The van der Waals surface area contributed by atoms with Crippen LogP contribution in [0.3, 0.4) is 0 Å². The lowest BCUT2D eigenvalue weighted by atomic mass is 9.61. The monoisotopic (exact) mass is 1470 g/mol. The van der Waals surface area contributed by atoms with E-state index in [1.165, 1.54) is 219 Å². The summed E-state index contributed by atoms with van der Waals surface area (Å²) in [6, 6.07) is 84.1. The van der Waals surface area contributed by atoms with E-state index in [9.17, 15) is 0 Å². The molecule has 570 valence electrons. The van der Waals surface area contributed by atoms with Crippen molar-refractivity contribution in [1.82, 2.24) is 0 Å². The van der Waals surface area contributed by atoms with Gasteiger partial charge >= 0.3 is 0 Å². The Kier molecular flexibility index (Phi) is 15.7. The molecule has 0 N–H and O–H groups in total. The van der Waals surface area contributed by atoms with E-state index in [4.69, 9.17) is 0 Å². The molecule has 0 spiro atoms. The Morgan fingerprint density at radius 1 is 0.223 bits per heavy atom. The van der Waals surface area contributed by atoms with Gasteiger partial charge in [-0.2, -0.15) is 0 Å². The fourth-order valence-electron chi connectivity index (χ4n) is 24.8. The normalized spacial score (nSPS) is 26.8. The first-order valence-electron chi connectivity index (χ1n) is 42.4. The Balaban J connectivity index is 0.858. The molecule has 8 heteroatoms. The van der Waals surface area contributed by atoms with Crippen molar-refractivity contribution in [3.63, 3.8) is 0 Å². The zero-order chi connectivity index (χ0) is 77.3. The number of benzene rings is 12. The predicted octanol–water partition coefficient (Wildman–Crippen LogP) is 26.5. The van der Waals surface area contributed by atoms with Gasteiger partial charge in [-0.1, -0.05) is 128 Å². The number of nitrogens with zero attached hydrogens (tertiary/aromatic N) is 8. The van der Waals surface area contributed by atoms with Gasteiger partial charge in [-0.25, -0.2) is 0 Å². The predicted molar refractivity (Wildman–Crippen MR) is 480 cm³/mol. The van der Waals surface area contributed by atoms with Gasteiger partial charge in [-0.3, -0.25) is 0 Å². The van der Waals surface area contributed by atoms with Crippen LogP contribution in [0.1, 0.15) is 180 Å². The molecule has 12 aromatic carbocycles. The minimum absolute atomic E-state index is 0.0839. The van der Waals surface area contributed by atoms with Crippen molar-refractivity contribution in [2.75, 3.05) is 95.6 Å². The van der Waals surface area contributed by atoms with E-state index >= 15 is 0 Å². The number of rotatable bonds is 12. The molecule has 12 aromatic rings. The smallest absolute Gasteiger partial charge is 0.0517 e. The third kappa shape index (κ3) is 9.59. The van der Waals surface area contributed by atoms with Gasteiger partial charge in [0.1, 0.15) is 0 Å². The molecule has 112 heavy (non-hydrogen) atoms. The lowest BCUT2D eigenvalue weighted by Crippen LogP contribution is -2.54. The summed E-state index contributed by atoms with van der Waals surface area (Å²) >= 11 is 0. The van der Waals surface area contributed by atoms with Gasteiger partial charge in [0.15, 0.2) is 0 Å². The second-order valence-corrected chi connectivity index (χ2v) is 38.2. The van der Waals surface area contributed by atoms with E-state index in [0.29, 0.717) is 0 Å². The fourth-order valence-corrected chi connectivity index (χ4v) is 24.8. The van der Waals surface area contributed by atoms with Crippen LogP contribution >= 0.6 is 0 Å². The van der Waals surface area contributed by atoms with Crippen LogP contribution in [0.5, 0.6) is 0 Å². The van der Waals surface area contributed by atoms with E-state index in [1.807, 2.05) is 0 Å². The zero-order valence-corrected chi connectivity index (χ0v) is 69.5. The quantitative estimate of drug-likeness (QED) is 0.112. The van der Waals surface area contributed by atoms with Gasteiger partial charge in [0.05, 0.1) is 22.2 Å². The van der Waals surface area contributed by atoms with E-state index in [2.05, 4.69) is 357 Å². The maximum atomic E-state index is 2.76. The summed E-state index contributed by atoms with van der Waals surface area (Å²) in [6.45, 7) is 20.8. The highest BCUT2D eigenvalue weighted by molar-refractivity contribution is 6.32. The second-order valence-electron chi connectivity index (χ2n) is 38.2. The lowest BCUT2D eigenvalue weighted by Gasteiger charge is -2.50. The van der Waals surface area contributed by atoms with Gasteiger partial charge in [0, 0.05) is 146 Å². The number of hydrogen-bond donors (Lipinski definition) is 0. The minimum Gasteiger partial charge on any atom is -0.378 e.